The van der Waals surface area contributed by atoms with Gasteiger partial charge >= 0.3 is 0 Å². The molecule has 1 spiro atoms. The fraction of sp³-hybridized carbons (Fsp3) is 0.292. The minimum atomic E-state index is -3.85. The topological polar surface area (TPSA) is 125 Å². The molecule has 0 radical (unpaired) electrons. The lowest BCUT2D eigenvalue weighted by Crippen LogP contribution is -2.52. The Bertz CT molecular complexity index is 1380. The number of likely N-dealkylation sites (tertiary alicyclic amines) is 1. The van der Waals surface area contributed by atoms with Crippen LogP contribution in [0.2, 0.25) is 0 Å². The molecule has 0 unspecified atom stereocenters. The molecule has 1 saturated heterocycles. The number of hydrogen-bond donors (Lipinski definition) is 1. The number of Topliss-reactive ketones (excluding diaryl/α,β-unsaturated/α-hetero) is 1. The maximum absolute atomic E-state index is 13.8. The van der Waals surface area contributed by atoms with Crippen molar-refractivity contribution in [2.45, 2.75) is 10.4 Å². The zero-order chi connectivity index (χ0) is 25.7. The molecule has 184 valence electrons. The molecule has 1 atom stereocenters. The Labute approximate surface area is 203 Å². The van der Waals surface area contributed by atoms with Gasteiger partial charge in [0, 0.05) is 51.6 Å². The molecule has 1 N–H and O–H groups in total. The number of benzene rings is 2. The number of aliphatic hydroxyl groups is 1. The van der Waals surface area contributed by atoms with E-state index in [-0.39, 0.29) is 23.6 Å². The molecule has 2 amide bonds. The summed E-state index contributed by atoms with van der Waals surface area (Å²) in [6, 6.07) is 12.1. The van der Waals surface area contributed by atoms with Crippen molar-refractivity contribution in [3.63, 3.8) is 0 Å². The predicted octanol–water partition coefficient (Wildman–Crippen LogP) is 1.14. The predicted molar refractivity (Wildman–Crippen MR) is 127 cm³/mol. The summed E-state index contributed by atoms with van der Waals surface area (Å²) in [6.07, 6.45) is 0. The first-order valence-electron chi connectivity index (χ1n) is 10.7. The molecule has 2 aliphatic rings. The Kier molecular flexibility index (Phi) is 6.04. The van der Waals surface area contributed by atoms with Gasteiger partial charge in [-0.2, -0.15) is 0 Å². The highest BCUT2D eigenvalue weighted by molar-refractivity contribution is 7.89. The van der Waals surface area contributed by atoms with Gasteiger partial charge in [-0.1, -0.05) is 30.3 Å². The number of methoxy groups -OCH3 is 1. The van der Waals surface area contributed by atoms with Crippen molar-refractivity contribution in [3.8, 4) is 0 Å². The van der Waals surface area contributed by atoms with E-state index in [0.29, 0.717) is 11.3 Å². The van der Waals surface area contributed by atoms with Crippen LogP contribution in [0.1, 0.15) is 11.1 Å². The molecule has 0 aliphatic carbocycles. The zero-order valence-corrected chi connectivity index (χ0v) is 20.5. The smallest absolute Gasteiger partial charge is 0.296 e. The van der Waals surface area contributed by atoms with Crippen LogP contribution in [-0.2, 0) is 34.7 Å². The Morgan fingerprint density at radius 1 is 1.09 bits per heavy atom. The fourth-order valence-electron chi connectivity index (χ4n) is 4.61. The lowest BCUT2D eigenvalue weighted by atomic mass is 9.82. The first-order valence-corrected chi connectivity index (χ1v) is 12.1. The summed E-state index contributed by atoms with van der Waals surface area (Å²) in [7, 11) is 1.83. The molecule has 2 aromatic rings. The highest BCUT2D eigenvalue weighted by Gasteiger charge is 2.66. The number of amides is 2. The molecule has 0 bridgehead atoms. The van der Waals surface area contributed by atoms with Crippen LogP contribution >= 0.6 is 0 Å². The standard InChI is InChI=1S/C24H25N3O7S/c1-25(2)35(32,33)16-9-7-8-15(14-16)20(28)19-21(29)22(30)27(12-13-34-4)24(19)17-10-5-6-11-18(17)26(3)23(24)31/h5-11,14,28H,12-13H2,1-4H3/b20-19-/t24-/m0/s1. The summed E-state index contributed by atoms with van der Waals surface area (Å²) in [5, 5.41) is 11.4. The Morgan fingerprint density at radius 3 is 2.43 bits per heavy atom. The summed E-state index contributed by atoms with van der Waals surface area (Å²) >= 11 is 0. The van der Waals surface area contributed by atoms with Gasteiger partial charge < -0.3 is 19.6 Å². The van der Waals surface area contributed by atoms with E-state index < -0.39 is 44.5 Å². The number of nitrogens with zero attached hydrogens (tertiary/aromatic N) is 3. The average Bonchev–Trinajstić information content (AvgIpc) is 3.20. The number of rotatable bonds is 6. The SMILES string of the molecule is COCCN1C(=O)C(=O)/C(=C(/O)c2cccc(S(=O)(=O)N(C)C)c2)[C@@]12C(=O)N(C)c1ccccc12. The molecule has 10 nitrogen and oxygen atoms in total. The first-order chi connectivity index (χ1) is 16.5. The fourth-order valence-corrected chi connectivity index (χ4v) is 5.56. The number of anilines is 1. The van der Waals surface area contributed by atoms with E-state index in [1.165, 1.54) is 57.4 Å². The van der Waals surface area contributed by atoms with E-state index in [1.54, 1.807) is 24.3 Å². The van der Waals surface area contributed by atoms with Crippen molar-refractivity contribution in [1.29, 1.82) is 0 Å². The van der Waals surface area contributed by atoms with E-state index in [4.69, 9.17) is 4.74 Å². The van der Waals surface area contributed by atoms with Crippen LogP contribution in [-0.4, -0.2) is 81.7 Å². The highest BCUT2D eigenvalue weighted by atomic mass is 32.2. The zero-order valence-electron chi connectivity index (χ0n) is 19.7. The molecule has 2 heterocycles. The maximum atomic E-state index is 13.8. The summed E-state index contributed by atoms with van der Waals surface area (Å²) < 4.78 is 31.4. The normalized spacial score (nSPS) is 21.5. The number of sulfonamides is 1. The van der Waals surface area contributed by atoms with Crippen molar-refractivity contribution < 1.29 is 32.6 Å². The van der Waals surface area contributed by atoms with Gasteiger partial charge in [0.2, 0.25) is 10.0 Å². The molecular formula is C24H25N3O7S. The Morgan fingerprint density at radius 2 is 1.77 bits per heavy atom. The Balaban J connectivity index is 2.04. The molecule has 4 rings (SSSR count). The van der Waals surface area contributed by atoms with Crippen LogP contribution in [0, 0.1) is 0 Å². The largest absolute Gasteiger partial charge is 0.507 e. The van der Waals surface area contributed by atoms with Crippen LogP contribution in [0.4, 0.5) is 5.69 Å². The van der Waals surface area contributed by atoms with E-state index in [9.17, 15) is 27.9 Å². The number of likely N-dealkylation sites (N-methyl/N-ethyl adjacent to an activating group) is 1. The molecule has 0 aromatic heterocycles. The first kappa shape index (κ1) is 24.6. The maximum Gasteiger partial charge on any atom is 0.296 e. The summed E-state index contributed by atoms with van der Waals surface area (Å²) in [4.78, 5) is 42.7. The van der Waals surface area contributed by atoms with Gasteiger partial charge in [-0.15, -0.1) is 0 Å². The minimum absolute atomic E-state index is 0.0168. The molecule has 2 aromatic carbocycles. The van der Waals surface area contributed by atoms with Crippen LogP contribution < -0.4 is 4.90 Å². The van der Waals surface area contributed by atoms with Crippen molar-refractivity contribution in [2.24, 2.45) is 0 Å². The van der Waals surface area contributed by atoms with Crippen LogP contribution in [0.25, 0.3) is 5.76 Å². The van der Waals surface area contributed by atoms with E-state index in [2.05, 4.69) is 0 Å². The number of aliphatic hydroxyl groups excluding tert-OH is 1. The quantitative estimate of drug-likeness (QED) is 0.359. The van der Waals surface area contributed by atoms with Crippen molar-refractivity contribution in [3.05, 3.63) is 65.2 Å². The molecule has 1 fully saturated rings. The number of para-hydroxylation sites is 1. The number of ether oxygens (including phenoxy) is 1. The third kappa shape index (κ3) is 3.38. The Hall–Kier alpha value is -3.54. The van der Waals surface area contributed by atoms with Gasteiger partial charge in [0.1, 0.15) is 5.76 Å². The van der Waals surface area contributed by atoms with Crippen molar-refractivity contribution in [1.82, 2.24) is 9.21 Å². The molecular weight excluding hydrogens is 474 g/mol. The van der Waals surface area contributed by atoms with Gasteiger partial charge in [0.15, 0.2) is 5.54 Å². The monoisotopic (exact) mass is 499 g/mol. The number of ketones is 1. The second kappa shape index (κ2) is 8.59. The van der Waals surface area contributed by atoms with Crippen LogP contribution in [0.5, 0.6) is 0 Å². The summed E-state index contributed by atoms with van der Waals surface area (Å²) in [5.41, 5.74) is -1.51. The van der Waals surface area contributed by atoms with Crippen molar-refractivity contribution in [2.75, 3.05) is 46.3 Å². The van der Waals surface area contributed by atoms with Crippen molar-refractivity contribution >= 4 is 39.1 Å². The van der Waals surface area contributed by atoms with Crippen LogP contribution in [0.15, 0.2) is 59.0 Å². The van der Waals surface area contributed by atoms with E-state index in [0.717, 1.165) is 9.21 Å². The second-order valence-electron chi connectivity index (χ2n) is 8.41. The van der Waals surface area contributed by atoms with Crippen LogP contribution in [0.3, 0.4) is 0 Å². The van der Waals surface area contributed by atoms with Gasteiger partial charge in [-0.05, 0) is 18.2 Å². The lowest BCUT2D eigenvalue weighted by molar-refractivity contribution is -0.144. The minimum Gasteiger partial charge on any atom is -0.507 e. The third-order valence-corrected chi connectivity index (χ3v) is 8.16. The number of fused-ring (bicyclic) bond motifs is 2. The number of hydrogen-bond acceptors (Lipinski definition) is 7. The number of carbonyl (C=O) groups excluding carboxylic acids is 3. The molecule has 0 saturated carbocycles. The lowest BCUT2D eigenvalue weighted by Gasteiger charge is -2.34. The second-order valence-corrected chi connectivity index (χ2v) is 10.6. The highest BCUT2D eigenvalue weighted by Crippen LogP contribution is 2.53. The summed E-state index contributed by atoms with van der Waals surface area (Å²) in [6.45, 7) is -0.0364. The van der Waals surface area contributed by atoms with Gasteiger partial charge in [-0.25, -0.2) is 12.7 Å². The van der Waals surface area contributed by atoms with E-state index in [1.807, 2.05) is 0 Å². The summed E-state index contributed by atoms with van der Waals surface area (Å²) in [5.74, 6) is -3.23. The molecule has 11 heteroatoms. The van der Waals surface area contributed by atoms with Gasteiger partial charge in [0.05, 0.1) is 17.1 Å². The van der Waals surface area contributed by atoms with Gasteiger partial charge in [-0.3, -0.25) is 14.4 Å². The molecule has 2 aliphatic heterocycles. The third-order valence-electron chi connectivity index (χ3n) is 6.34. The number of carbonyl (C=O) groups is 3. The molecule has 35 heavy (non-hydrogen) atoms. The van der Waals surface area contributed by atoms with Gasteiger partial charge in [0.25, 0.3) is 17.6 Å². The van der Waals surface area contributed by atoms with E-state index >= 15 is 0 Å². The average molecular weight is 500 g/mol.